The van der Waals surface area contributed by atoms with Crippen LogP contribution in [-0.2, 0) is 11.0 Å². The van der Waals surface area contributed by atoms with Crippen molar-refractivity contribution in [2.75, 3.05) is 37.9 Å². The van der Waals surface area contributed by atoms with Gasteiger partial charge in [-0.25, -0.2) is 4.98 Å². The van der Waals surface area contributed by atoms with Gasteiger partial charge in [0, 0.05) is 46.2 Å². The number of nitrogens with one attached hydrogen (secondary N) is 1. The van der Waals surface area contributed by atoms with Crippen LogP contribution in [0.2, 0.25) is 0 Å². The molecule has 22 heavy (non-hydrogen) atoms. The molecule has 1 fully saturated rings. The molecule has 1 N–H and O–H groups in total. The highest BCUT2D eigenvalue weighted by molar-refractivity contribution is 5.77. The molecular weight excluding hydrogens is 299 g/mol. The maximum Gasteiger partial charge on any atom is 0.433 e. The molecule has 2 heterocycles. The molecule has 1 aliphatic rings. The zero-order valence-electron chi connectivity index (χ0n) is 12.6. The third kappa shape index (κ3) is 3.77. The summed E-state index contributed by atoms with van der Waals surface area (Å²) in [5.74, 6) is 0.127. The number of aromatic nitrogens is 2. The second-order valence-electron chi connectivity index (χ2n) is 5.48. The van der Waals surface area contributed by atoms with Gasteiger partial charge in [0.15, 0.2) is 5.69 Å². The zero-order valence-corrected chi connectivity index (χ0v) is 12.6. The number of likely N-dealkylation sites (N-methyl/N-ethyl adjacent to an activating group) is 1. The summed E-state index contributed by atoms with van der Waals surface area (Å²) >= 11 is 0. The predicted octanol–water partition coefficient (Wildman–Crippen LogP) is 1.59. The first kappa shape index (κ1) is 16.3. The van der Waals surface area contributed by atoms with Gasteiger partial charge in [0.2, 0.25) is 11.9 Å². The number of hydrogen-bond acceptors (Lipinski definition) is 5. The number of carbonyl (C=O) groups excluding carboxylic acids is 1. The Hall–Kier alpha value is -2.06. The first-order chi connectivity index (χ1) is 10.2. The lowest BCUT2D eigenvalue weighted by atomic mass is 10.1. The largest absolute Gasteiger partial charge is 0.433 e. The molecule has 0 saturated carbocycles. The van der Waals surface area contributed by atoms with Crippen molar-refractivity contribution in [2.24, 2.45) is 0 Å². The summed E-state index contributed by atoms with van der Waals surface area (Å²) in [4.78, 5) is 22.0. The van der Waals surface area contributed by atoms with E-state index in [1.54, 1.807) is 26.0 Å². The van der Waals surface area contributed by atoms with Gasteiger partial charge in [0.1, 0.15) is 5.82 Å². The summed E-state index contributed by atoms with van der Waals surface area (Å²) in [6.45, 7) is 0.432. The maximum atomic E-state index is 12.9. The van der Waals surface area contributed by atoms with E-state index in [4.69, 9.17) is 0 Å². The van der Waals surface area contributed by atoms with Crippen LogP contribution in [0.5, 0.6) is 0 Å². The van der Waals surface area contributed by atoms with E-state index in [1.165, 1.54) is 4.90 Å². The van der Waals surface area contributed by atoms with Gasteiger partial charge in [-0.05, 0) is 6.42 Å². The molecule has 2 rings (SSSR count). The summed E-state index contributed by atoms with van der Waals surface area (Å²) in [7, 11) is 4.82. The Morgan fingerprint density at radius 1 is 1.36 bits per heavy atom. The smallest absolute Gasteiger partial charge is 0.365 e. The quantitative estimate of drug-likeness (QED) is 0.917. The van der Waals surface area contributed by atoms with Crippen LogP contribution in [0.15, 0.2) is 6.07 Å². The highest BCUT2D eigenvalue weighted by Gasteiger charge is 2.34. The Balaban J connectivity index is 2.23. The first-order valence-corrected chi connectivity index (χ1v) is 6.81. The van der Waals surface area contributed by atoms with Gasteiger partial charge in [-0.15, -0.1) is 0 Å². The van der Waals surface area contributed by atoms with Crippen LogP contribution in [0.1, 0.15) is 18.5 Å². The van der Waals surface area contributed by atoms with Crippen LogP contribution in [0.4, 0.5) is 24.9 Å². The van der Waals surface area contributed by atoms with Crippen LogP contribution < -0.4 is 10.2 Å². The lowest BCUT2D eigenvalue weighted by molar-refractivity contribution is -0.141. The molecule has 9 heteroatoms. The zero-order chi connectivity index (χ0) is 16.5. The van der Waals surface area contributed by atoms with Crippen LogP contribution >= 0.6 is 0 Å². The maximum absolute atomic E-state index is 12.9. The van der Waals surface area contributed by atoms with Crippen molar-refractivity contribution in [2.45, 2.75) is 25.1 Å². The van der Waals surface area contributed by atoms with E-state index in [1.807, 2.05) is 0 Å². The number of amides is 1. The van der Waals surface area contributed by atoms with Gasteiger partial charge in [-0.2, -0.15) is 18.2 Å². The van der Waals surface area contributed by atoms with Crippen LogP contribution in [0.25, 0.3) is 0 Å². The van der Waals surface area contributed by atoms with Crippen molar-refractivity contribution in [3.63, 3.8) is 0 Å². The van der Waals surface area contributed by atoms with Crippen LogP contribution in [0.3, 0.4) is 0 Å². The molecule has 0 radical (unpaired) electrons. The number of halogens is 3. The van der Waals surface area contributed by atoms with E-state index in [0.29, 0.717) is 19.4 Å². The van der Waals surface area contributed by atoms with Gasteiger partial charge in [-0.3, -0.25) is 4.79 Å². The SMILES string of the molecule is CN1CC(Nc2cc(C(F)(F)F)nc(N(C)C)n2)CCC1=O. The van der Waals surface area contributed by atoms with Gasteiger partial charge >= 0.3 is 6.18 Å². The summed E-state index contributed by atoms with van der Waals surface area (Å²) < 4.78 is 38.7. The Labute approximate surface area is 126 Å². The fourth-order valence-corrected chi connectivity index (χ4v) is 2.19. The van der Waals surface area contributed by atoms with Crippen molar-refractivity contribution in [1.29, 1.82) is 0 Å². The van der Waals surface area contributed by atoms with Crippen molar-refractivity contribution in [1.82, 2.24) is 14.9 Å². The monoisotopic (exact) mass is 317 g/mol. The fourth-order valence-electron chi connectivity index (χ4n) is 2.19. The summed E-state index contributed by atoms with van der Waals surface area (Å²) in [6, 6.07) is 0.761. The minimum atomic E-state index is -4.54. The second kappa shape index (κ2) is 5.98. The number of likely N-dealkylation sites (tertiary alicyclic amines) is 1. The fraction of sp³-hybridized carbons (Fsp3) is 0.615. The number of alkyl halides is 3. The van der Waals surface area contributed by atoms with Crippen molar-refractivity contribution in [3.8, 4) is 0 Å². The lowest BCUT2D eigenvalue weighted by Gasteiger charge is -2.30. The van der Waals surface area contributed by atoms with Crippen molar-refractivity contribution < 1.29 is 18.0 Å². The Morgan fingerprint density at radius 2 is 2.05 bits per heavy atom. The molecule has 0 spiro atoms. The first-order valence-electron chi connectivity index (χ1n) is 6.81. The highest BCUT2D eigenvalue weighted by Crippen LogP contribution is 2.30. The number of piperidine rings is 1. The molecule has 122 valence electrons. The normalized spacial score (nSPS) is 19.3. The summed E-state index contributed by atoms with van der Waals surface area (Å²) in [5, 5.41) is 2.97. The van der Waals surface area contributed by atoms with Gasteiger partial charge in [0.05, 0.1) is 0 Å². The van der Waals surface area contributed by atoms with E-state index >= 15 is 0 Å². The number of rotatable bonds is 3. The Kier molecular flexibility index (Phi) is 4.43. The van der Waals surface area contributed by atoms with Gasteiger partial charge < -0.3 is 15.1 Å². The van der Waals surface area contributed by atoms with Gasteiger partial charge in [-0.1, -0.05) is 0 Å². The topological polar surface area (TPSA) is 61.4 Å². The second-order valence-corrected chi connectivity index (χ2v) is 5.48. The van der Waals surface area contributed by atoms with E-state index in [-0.39, 0.29) is 23.7 Å². The van der Waals surface area contributed by atoms with E-state index in [9.17, 15) is 18.0 Å². The molecule has 1 atom stereocenters. The van der Waals surface area contributed by atoms with Crippen LogP contribution in [0, 0.1) is 0 Å². The predicted molar refractivity (Wildman–Crippen MR) is 75.6 cm³/mol. The van der Waals surface area contributed by atoms with E-state index in [2.05, 4.69) is 15.3 Å². The van der Waals surface area contributed by atoms with Crippen LogP contribution in [-0.4, -0.2) is 54.5 Å². The Morgan fingerprint density at radius 3 is 2.59 bits per heavy atom. The van der Waals surface area contributed by atoms with Crippen molar-refractivity contribution >= 4 is 17.7 Å². The number of carbonyl (C=O) groups is 1. The molecule has 1 unspecified atom stereocenters. The number of hydrogen-bond donors (Lipinski definition) is 1. The molecule has 6 nitrogen and oxygen atoms in total. The molecular formula is C13H18F3N5O. The van der Waals surface area contributed by atoms with Crippen molar-refractivity contribution in [3.05, 3.63) is 11.8 Å². The van der Waals surface area contributed by atoms with E-state index < -0.39 is 11.9 Å². The molecule has 0 aliphatic carbocycles. The lowest BCUT2D eigenvalue weighted by Crippen LogP contribution is -2.43. The molecule has 0 aromatic carbocycles. The molecule has 0 bridgehead atoms. The number of nitrogens with zero attached hydrogens (tertiary/aromatic N) is 4. The number of anilines is 2. The molecule has 1 aliphatic heterocycles. The molecule has 1 aromatic rings. The standard InChI is InChI=1S/C13H18F3N5O/c1-20(2)12-18-9(13(14,15)16)6-10(19-12)17-8-4-5-11(22)21(3)7-8/h6,8H,4-5,7H2,1-3H3,(H,17,18,19). The minimum Gasteiger partial charge on any atom is -0.365 e. The average Bonchev–Trinajstić information content (AvgIpc) is 2.41. The molecule has 1 saturated heterocycles. The summed E-state index contributed by atoms with van der Waals surface area (Å²) in [6.07, 6.45) is -3.61. The summed E-state index contributed by atoms with van der Waals surface area (Å²) in [5.41, 5.74) is -0.992. The van der Waals surface area contributed by atoms with E-state index in [0.717, 1.165) is 6.07 Å². The molecule has 1 aromatic heterocycles. The molecule has 1 amide bonds. The third-order valence-corrected chi connectivity index (χ3v) is 3.38. The minimum absolute atomic E-state index is 0.0161. The highest BCUT2D eigenvalue weighted by atomic mass is 19.4. The average molecular weight is 317 g/mol. The van der Waals surface area contributed by atoms with Gasteiger partial charge in [0.25, 0.3) is 0 Å². The Bertz CT molecular complexity index is 561. The third-order valence-electron chi connectivity index (χ3n) is 3.38.